The molecule has 0 saturated carbocycles. The molecule has 0 unspecified atom stereocenters. The fraction of sp³-hybridized carbons (Fsp3) is 0.365. The summed E-state index contributed by atoms with van der Waals surface area (Å²) in [5, 5.41) is 21.1. The molecular weight excluding hydrogens is 886 g/mol. The van der Waals surface area contributed by atoms with Gasteiger partial charge in [-0.25, -0.2) is 14.2 Å². The molecule has 0 saturated heterocycles. The van der Waals surface area contributed by atoms with Crippen LogP contribution in [0.5, 0.6) is 0 Å². The van der Waals surface area contributed by atoms with Crippen LogP contribution >= 0.6 is 7.82 Å². The van der Waals surface area contributed by atoms with Gasteiger partial charge in [0.1, 0.15) is 12.1 Å². The average Bonchev–Trinajstić information content (AvgIpc) is 3.31. The van der Waals surface area contributed by atoms with Crippen molar-refractivity contribution in [3.05, 3.63) is 162 Å². The van der Waals surface area contributed by atoms with Gasteiger partial charge >= 0.3 is 20.0 Å². The molecule has 0 bridgehead atoms. The Labute approximate surface area is 399 Å². The highest BCUT2D eigenvalue weighted by molar-refractivity contribution is 7.48. The van der Waals surface area contributed by atoms with E-state index in [0.717, 1.165) is 22.4 Å². The first kappa shape index (κ1) is 52.6. The average molecular weight is 950 g/mol. The normalized spacial score (nSPS) is 14.0. The van der Waals surface area contributed by atoms with Crippen molar-refractivity contribution in [3.8, 4) is 11.3 Å². The predicted octanol–water partition coefficient (Wildman–Crippen LogP) is 9.27. The summed E-state index contributed by atoms with van der Waals surface area (Å²) >= 11 is 0. The molecule has 5 aromatic rings. The number of benzene rings is 4. The number of carboxylic acid groups (broad SMARTS) is 1. The quantitative estimate of drug-likeness (QED) is 0.0414. The largest absolute Gasteiger partial charge is 0.475 e. The molecule has 16 heteroatoms. The number of carbonyl (C=O) groups excluding carboxylic acids is 3. The highest BCUT2D eigenvalue weighted by Gasteiger charge is 2.41. The van der Waals surface area contributed by atoms with Gasteiger partial charge in [-0.1, -0.05) is 163 Å². The van der Waals surface area contributed by atoms with Crippen molar-refractivity contribution >= 4 is 31.8 Å². The van der Waals surface area contributed by atoms with Crippen molar-refractivity contribution in [2.45, 2.75) is 104 Å². The fourth-order valence-corrected chi connectivity index (χ4v) is 8.82. The summed E-state index contributed by atoms with van der Waals surface area (Å²) in [6, 6.07) is 36.5. The van der Waals surface area contributed by atoms with Crippen molar-refractivity contribution in [3.63, 3.8) is 0 Å². The van der Waals surface area contributed by atoms with Crippen LogP contribution in [-0.2, 0) is 58.5 Å². The minimum atomic E-state index is -4.62. The number of pyridine rings is 1. The smallest absolute Gasteiger partial charge is 0.465 e. The Kier molecular flexibility index (Phi) is 19.0. The van der Waals surface area contributed by atoms with Crippen LogP contribution in [0.1, 0.15) is 70.2 Å². The number of hydrogen-bond donors (Lipinski definition) is 5. The van der Waals surface area contributed by atoms with E-state index in [2.05, 4.69) is 26.3 Å². The van der Waals surface area contributed by atoms with E-state index in [1.807, 2.05) is 109 Å². The predicted molar refractivity (Wildman–Crippen MR) is 260 cm³/mol. The van der Waals surface area contributed by atoms with Crippen LogP contribution in [-0.4, -0.2) is 71.5 Å². The Morgan fingerprint density at radius 1 is 0.603 bits per heavy atom. The number of nitrogens with one attached hydrogen (secondary N) is 4. The van der Waals surface area contributed by atoms with Gasteiger partial charge in [0.05, 0.1) is 38.2 Å². The number of ether oxygens (including phenoxy) is 1. The lowest BCUT2D eigenvalue weighted by Gasteiger charge is -2.36. The molecule has 1 aromatic heterocycles. The van der Waals surface area contributed by atoms with Crippen molar-refractivity contribution in [1.82, 2.24) is 26.3 Å². The Hall–Kier alpha value is -6.38. The number of alkyl carbamates (subject to hydrolysis) is 1. The highest BCUT2D eigenvalue weighted by atomic mass is 31.2. The Morgan fingerprint density at radius 3 is 1.57 bits per heavy atom. The second-order valence-corrected chi connectivity index (χ2v) is 20.3. The standard InChI is InChI=1S/C52H64N5O10P/c1-51(2,3)45(56-49(60)61)48(59)55-43(32-36-19-11-8-12-20-36)44(67-68(63,65-34-38-21-13-9-14-22-38)66-35-39-23-15-10-16-24-39)33-41(54-47(58)46(52(4,5)6)57-50(62)64-7)31-37-26-28-40(29-27-37)42-25-17-18-30-53-42/h8-30,41,43-46,56H,31-35H2,1-7H3,(H,54,58)(H,55,59)(H,57,62)(H,60,61)/t41-,43-,44-,45+,46+/m0/s1. The maximum absolute atomic E-state index is 15.4. The Bertz CT molecular complexity index is 2370. The number of aromatic nitrogens is 1. The molecule has 0 aliphatic rings. The summed E-state index contributed by atoms with van der Waals surface area (Å²) < 4.78 is 39.3. The SMILES string of the molecule is COC(=O)N[C@H](C(=O)N[C@@H](Cc1ccc(-c2ccccn2)cc1)C[C@H](OP(=O)(OCc1ccccc1)OCc1ccccc1)[C@H](Cc1ccccc1)NC(=O)[C@@H](NC(=O)O)C(C)(C)C)C(C)(C)C. The van der Waals surface area contributed by atoms with E-state index in [4.69, 9.17) is 18.3 Å². The van der Waals surface area contributed by atoms with Crippen LogP contribution in [0.25, 0.3) is 11.3 Å². The van der Waals surface area contributed by atoms with Crippen molar-refractivity contribution in [2.24, 2.45) is 10.8 Å². The molecular formula is C52H64N5O10P. The van der Waals surface area contributed by atoms with Gasteiger partial charge < -0.3 is 31.1 Å². The molecule has 362 valence electrons. The molecule has 5 rings (SSSR count). The number of rotatable bonds is 22. The van der Waals surface area contributed by atoms with E-state index < -0.39 is 72.9 Å². The van der Waals surface area contributed by atoms with Crippen molar-refractivity contribution < 1.29 is 47.2 Å². The fourth-order valence-electron chi connectivity index (χ4n) is 7.45. The van der Waals surface area contributed by atoms with Crippen LogP contribution in [0.2, 0.25) is 0 Å². The van der Waals surface area contributed by atoms with E-state index >= 15 is 4.57 Å². The number of nitrogens with zero attached hydrogens (tertiary/aromatic N) is 1. The lowest BCUT2D eigenvalue weighted by atomic mass is 9.85. The zero-order chi connectivity index (χ0) is 49.3. The molecule has 0 aliphatic heterocycles. The summed E-state index contributed by atoms with van der Waals surface area (Å²) in [5.41, 5.74) is 2.88. The number of amides is 4. The van der Waals surface area contributed by atoms with Gasteiger partial charge in [0.25, 0.3) is 0 Å². The molecule has 15 nitrogen and oxygen atoms in total. The molecule has 5 N–H and O–H groups in total. The molecule has 1 heterocycles. The maximum Gasteiger partial charge on any atom is 0.475 e. The van der Waals surface area contributed by atoms with Gasteiger partial charge in [0.2, 0.25) is 11.8 Å². The van der Waals surface area contributed by atoms with Gasteiger partial charge in [-0.3, -0.25) is 28.1 Å². The lowest BCUT2D eigenvalue weighted by molar-refractivity contribution is -0.128. The number of phosphoric ester groups is 1. The van der Waals surface area contributed by atoms with Crippen LogP contribution in [0.4, 0.5) is 9.59 Å². The van der Waals surface area contributed by atoms with Crippen LogP contribution in [0.3, 0.4) is 0 Å². The van der Waals surface area contributed by atoms with Gasteiger partial charge in [-0.2, -0.15) is 0 Å². The summed E-state index contributed by atoms with van der Waals surface area (Å²) in [5.74, 6) is -1.21. The number of phosphoric acid groups is 1. The number of carbonyl (C=O) groups is 4. The van der Waals surface area contributed by atoms with E-state index in [-0.39, 0.29) is 32.5 Å². The first-order valence-corrected chi connectivity index (χ1v) is 23.9. The van der Waals surface area contributed by atoms with Gasteiger partial charge in [0, 0.05) is 17.8 Å². The highest BCUT2D eigenvalue weighted by Crippen LogP contribution is 2.53. The van der Waals surface area contributed by atoms with E-state index in [9.17, 15) is 24.3 Å². The number of hydrogen-bond acceptors (Lipinski definition) is 10. The summed E-state index contributed by atoms with van der Waals surface area (Å²) in [6.07, 6.45) is -1.56. The third-order valence-corrected chi connectivity index (χ3v) is 12.5. The minimum Gasteiger partial charge on any atom is -0.465 e. The zero-order valence-electron chi connectivity index (χ0n) is 39.7. The molecule has 0 aliphatic carbocycles. The number of methoxy groups -OCH3 is 1. The Morgan fingerprint density at radius 2 is 1.09 bits per heavy atom. The lowest BCUT2D eigenvalue weighted by Crippen LogP contribution is -2.59. The third kappa shape index (κ3) is 16.7. The maximum atomic E-state index is 15.4. The van der Waals surface area contributed by atoms with Crippen LogP contribution < -0.4 is 21.3 Å². The molecule has 0 radical (unpaired) electrons. The summed E-state index contributed by atoms with van der Waals surface area (Å²) in [4.78, 5) is 58.3. The third-order valence-electron chi connectivity index (χ3n) is 11.0. The van der Waals surface area contributed by atoms with E-state index in [1.165, 1.54) is 7.11 Å². The van der Waals surface area contributed by atoms with Crippen molar-refractivity contribution in [1.29, 1.82) is 0 Å². The molecule has 0 spiro atoms. The minimum absolute atomic E-state index is 0.104. The molecule has 4 amide bonds. The molecule has 4 aromatic carbocycles. The van der Waals surface area contributed by atoms with E-state index in [0.29, 0.717) is 11.1 Å². The van der Waals surface area contributed by atoms with Gasteiger partial charge in [-0.05, 0) is 64.5 Å². The zero-order valence-corrected chi connectivity index (χ0v) is 40.6. The second kappa shape index (κ2) is 24.6. The van der Waals surface area contributed by atoms with Crippen molar-refractivity contribution in [2.75, 3.05) is 7.11 Å². The molecule has 0 fully saturated rings. The molecule has 5 atom stereocenters. The topological polar surface area (TPSA) is 204 Å². The Balaban J connectivity index is 1.65. The first-order chi connectivity index (χ1) is 32.3. The summed E-state index contributed by atoms with van der Waals surface area (Å²) in [6.45, 7) is 10.3. The van der Waals surface area contributed by atoms with Crippen LogP contribution in [0, 0.1) is 10.8 Å². The second-order valence-electron chi connectivity index (χ2n) is 18.7. The van der Waals surface area contributed by atoms with Crippen LogP contribution in [0.15, 0.2) is 140 Å². The first-order valence-electron chi connectivity index (χ1n) is 22.5. The van der Waals surface area contributed by atoms with E-state index in [1.54, 1.807) is 72.0 Å². The van der Waals surface area contributed by atoms with Gasteiger partial charge in [0.15, 0.2) is 0 Å². The molecule has 68 heavy (non-hydrogen) atoms. The monoisotopic (exact) mass is 949 g/mol. The summed E-state index contributed by atoms with van der Waals surface area (Å²) in [7, 11) is -3.41. The van der Waals surface area contributed by atoms with Gasteiger partial charge in [-0.15, -0.1) is 0 Å².